The maximum absolute atomic E-state index is 10.9. The number of halogens is 1. The van der Waals surface area contributed by atoms with Crippen molar-refractivity contribution in [2.24, 2.45) is 0 Å². The van der Waals surface area contributed by atoms with Gasteiger partial charge in [0.2, 0.25) is 0 Å². The fourth-order valence-corrected chi connectivity index (χ4v) is 1.81. The Labute approximate surface area is 124 Å². The Bertz CT molecular complexity index is 669. The first kappa shape index (κ1) is 14.8. The molecule has 0 saturated heterocycles. The molecular weight excluding hydrogens is 298 g/mol. The zero-order chi connectivity index (χ0) is 15.4. The molecule has 1 heterocycles. The van der Waals surface area contributed by atoms with Crippen molar-refractivity contribution >= 4 is 23.5 Å². The maximum Gasteiger partial charge on any atom is 0.354 e. The Morgan fingerprint density at radius 3 is 2.24 bits per heavy atom. The lowest BCUT2D eigenvalue weighted by molar-refractivity contribution is 0.0684. The average Bonchev–Trinajstić information content (AvgIpc) is 2.45. The zero-order valence-electron chi connectivity index (χ0n) is 10.6. The molecular formula is C14H10ClNO5. The van der Waals surface area contributed by atoms with E-state index in [9.17, 15) is 9.59 Å². The molecule has 0 radical (unpaired) electrons. The van der Waals surface area contributed by atoms with Crippen LogP contribution in [-0.2, 0) is 6.61 Å². The topological polar surface area (TPSA) is 96.7 Å². The lowest BCUT2D eigenvalue weighted by atomic mass is 10.2. The Morgan fingerprint density at radius 2 is 1.71 bits per heavy atom. The molecule has 6 nitrogen and oxygen atoms in total. The number of ether oxygens (including phenoxy) is 1. The smallest absolute Gasteiger partial charge is 0.354 e. The van der Waals surface area contributed by atoms with Crippen molar-refractivity contribution in [3.05, 3.63) is 58.4 Å². The van der Waals surface area contributed by atoms with E-state index in [1.165, 1.54) is 12.1 Å². The predicted octanol–water partition coefficient (Wildman–Crippen LogP) is 2.71. The number of hydrogen-bond donors (Lipinski definition) is 2. The van der Waals surface area contributed by atoms with Crippen LogP contribution in [0, 0.1) is 0 Å². The lowest BCUT2D eigenvalue weighted by Crippen LogP contribution is -2.08. The zero-order valence-corrected chi connectivity index (χ0v) is 11.4. The third-order valence-corrected chi connectivity index (χ3v) is 2.77. The van der Waals surface area contributed by atoms with E-state index < -0.39 is 23.3 Å². The fourth-order valence-electron chi connectivity index (χ4n) is 1.60. The van der Waals surface area contributed by atoms with E-state index in [2.05, 4.69) is 4.98 Å². The van der Waals surface area contributed by atoms with Gasteiger partial charge in [-0.25, -0.2) is 14.6 Å². The number of benzene rings is 1. The highest BCUT2D eigenvalue weighted by Gasteiger charge is 2.14. The van der Waals surface area contributed by atoms with E-state index in [0.717, 1.165) is 5.56 Å². The Hall–Kier alpha value is -2.60. The molecule has 0 aliphatic rings. The highest BCUT2D eigenvalue weighted by Crippen LogP contribution is 2.18. The largest absolute Gasteiger partial charge is 0.489 e. The molecule has 0 bridgehead atoms. The van der Waals surface area contributed by atoms with Crippen molar-refractivity contribution in [2.45, 2.75) is 6.61 Å². The van der Waals surface area contributed by atoms with E-state index in [1.807, 2.05) is 0 Å². The molecule has 0 aliphatic carbocycles. The van der Waals surface area contributed by atoms with Crippen molar-refractivity contribution in [2.75, 3.05) is 0 Å². The molecule has 0 spiro atoms. The van der Waals surface area contributed by atoms with Crippen LogP contribution in [0.1, 0.15) is 26.5 Å². The molecule has 2 aromatic rings. The Balaban J connectivity index is 2.23. The summed E-state index contributed by atoms with van der Waals surface area (Å²) in [5.74, 6) is -2.55. The van der Waals surface area contributed by atoms with Crippen molar-refractivity contribution in [3.63, 3.8) is 0 Å². The predicted molar refractivity (Wildman–Crippen MR) is 73.9 cm³/mol. The van der Waals surface area contributed by atoms with Gasteiger partial charge in [0.25, 0.3) is 0 Å². The second-order valence-corrected chi connectivity index (χ2v) is 4.54. The van der Waals surface area contributed by atoms with E-state index in [1.54, 1.807) is 24.3 Å². The van der Waals surface area contributed by atoms with Gasteiger partial charge in [-0.05, 0) is 17.7 Å². The number of rotatable bonds is 5. The summed E-state index contributed by atoms with van der Waals surface area (Å²) in [6, 6.07) is 9.27. The van der Waals surface area contributed by atoms with Gasteiger partial charge in [-0.3, -0.25) is 0 Å². The molecule has 0 saturated carbocycles. The van der Waals surface area contributed by atoms with Gasteiger partial charge >= 0.3 is 11.9 Å². The highest BCUT2D eigenvalue weighted by atomic mass is 35.5. The van der Waals surface area contributed by atoms with Gasteiger partial charge < -0.3 is 14.9 Å². The van der Waals surface area contributed by atoms with E-state index in [-0.39, 0.29) is 12.4 Å². The summed E-state index contributed by atoms with van der Waals surface area (Å²) < 4.78 is 5.40. The third kappa shape index (κ3) is 3.93. The molecule has 2 rings (SSSR count). The van der Waals surface area contributed by atoms with Crippen molar-refractivity contribution < 1.29 is 24.5 Å². The molecule has 108 valence electrons. The number of carboxylic acid groups (broad SMARTS) is 2. The van der Waals surface area contributed by atoms with Crippen LogP contribution in [0.2, 0.25) is 5.02 Å². The third-order valence-electron chi connectivity index (χ3n) is 2.53. The summed E-state index contributed by atoms with van der Waals surface area (Å²) in [7, 11) is 0. The minimum absolute atomic E-state index is 0.111. The van der Waals surface area contributed by atoms with Crippen molar-refractivity contribution in [1.82, 2.24) is 4.98 Å². The van der Waals surface area contributed by atoms with Gasteiger partial charge in [-0.2, -0.15) is 0 Å². The van der Waals surface area contributed by atoms with Gasteiger partial charge in [-0.1, -0.05) is 23.7 Å². The summed E-state index contributed by atoms with van der Waals surface area (Å²) in [4.78, 5) is 25.3. The first-order valence-electron chi connectivity index (χ1n) is 5.81. The Morgan fingerprint density at radius 1 is 1.10 bits per heavy atom. The van der Waals surface area contributed by atoms with Gasteiger partial charge in [0, 0.05) is 17.2 Å². The fraction of sp³-hybridized carbons (Fsp3) is 0.0714. The normalized spacial score (nSPS) is 10.1. The molecule has 0 amide bonds. The van der Waals surface area contributed by atoms with Gasteiger partial charge in [0.1, 0.15) is 12.4 Å². The molecule has 0 fully saturated rings. The van der Waals surface area contributed by atoms with Crippen LogP contribution in [0.5, 0.6) is 5.75 Å². The molecule has 1 aromatic heterocycles. The summed E-state index contributed by atoms with van der Waals surface area (Å²) >= 11 is 5.84. The standard InChI is InChI=1S/C14H10ClNO5/c15-9-3-1-2-8(4-9)7-21-10-5-11(13(17)18)16-12(6-10)14(19)20/h1-6H,7H2,(H,17,18)(H,19,20). The van der Waals surface area contributed by atoms with Crippen molar-refractivity contribution in [1.29, 1.82) is 0 Å². The second-order valence-electron chi connectivity index (χ2n) is 4.10. The maximum atomic E-state index is 10.9. The van der Waals surface area contributed by atoms with E-state index in [4.69, 9.17) is 26.6 Å². The molecule has 0 aliphatic heterocycles. The number of carboxylic acids is 2. The van der Waals surface area contributed by atoms with Crippen LogP contribution >= 0.6 is 11.6 Å². The SMILES string of the molecule is O=C(O)c1cc(OCc2cccc(Cl)c2)cc(C(=O)O)n1. The Kier molecular flexibility index (Phi) is 4.39. The molecule has 2 N–H and O–H groups in total. The number of nitrogens with zero attached hydrogens (tertiary/aromatic N) is 1. The average molecular weight is 308 g/mol. The van der Waals surface area contributed by atoms with Crippen LogP contribution in [0.25, 0.3) is 0 Å². The van der Waals surface area contributed by atoms with Gasteiger partial charge in [-0.15, -0.1) is 0 Å². The molecule has 7 heteroatoms. The van der Waals surface area contributed by atoms with E-state index in [0.29, 0.717) is 5.02 Å². The van der Waals surface area contributed by atoms with Crippen LogP contribution < -0.4 is 4.74 Å². The van der Waals surface area contributed by atoms with Crippen LogP contribution in [0.3, 0.4) is 0 Å². The number of hydrogen-bond acceptors (Lipinski definition) is 4. The summed E-state index contributed by atoms with van der Waals surface area (Å²) in [6.07, 6.45) is 0. The number of pyridine rings is 1. The highest BCUT2D eigenvalue weighted by molar-refractivity contribution is 6.30. The number of carbonyl (C=O) groups is 2. The van der Waals surface area contributed by atoms with Crippen LogP contribution in [-0.4, -0.2) is 27.1 Å². The quantitative estimate of drug-likeness (QED) is 0.881. The monoisotopic (exact) mass is 307 g/mol. The van der Waals surface area contributed by atoms with Crippen LogP contribution in [0.4, 0.5) is 0 Å². The van der Waals surface area contributed by atoms with Gasteiger partial charge in [0.15, 0.2) is 11.4 Å². The molecule has 0 unspecified atom stereocenters. The number of aromatic nitrogens is 1. The summed E-state index contributed by atoms with van der Waals surface area (Å²) in [6.45, 7) is 0.128. The first-order valence-corrected chi connectivity index (χ1v) is 6.19. The second kappa shape index (κ2) is 6.23. The van der Waals surface area contributed by atoms with Crippen molar-refractivity contribution in [3.8, 4) is 5.75 Å². The summed E-state index contributed by atoms with van der Waals surface area (Å²) in [5, 5.41) is 18.4. The van der Waals surface area contributed by atoms with Crippen LogP contribution in [0.15, 0.2) is 36.4 Å². The first-order chi connectivity index (χ1) is 9.95. The minimum atomic E-state index is -1.33. The molecule has 0 atom stereocenters. The minimum Gasteiger partial charge on any atom is -0.489 e. The lowest BCUT2D eigenvalue weighted by Gasteiger charge is -2.08. The summed E-state index contributed by atoms with van der Waals surface area (Å²) in [5.41, 5.74) is -0.0138. The van der Waals surface area contributed by atoms with Gasteiger partial charge in [0.05, 0.1) is 0 Å². The number of aromatic carboxylic acids is 2. The van der Waals surface area contributed by atoms with E-state index >= 15 is 0 Å². The molecule has 21 heavy (non-hydrogen) atoms. The molecule has 1 aromatic carbocycles.